The van der Waals surface area contributed by atoms with Crippen molar-refractivity contribution in [3.8, 4) is 0 Å². The second-order valence-electron chi connectivity index (χ2n) is 22.2. The molecule has 11 heteroatoms. The van der Waals surface area contributed by atoms with Crippen LogP contribution in [0.4, 0.5) is 0 Å². The second kappa shape index (κ2) is 17.6. The molecule has 7 nitrogen and oxygen atoms in total. The number of hydrogen-bond acceptors (Lipinski definition) is 5. The van der Waals surface area contributed by atoms with E-state index < -0.39 is 0 Å². The first-order chi connectivity index (χ1) is 40.7. The summed E-state index contributed by atoms with van der Waals surface area (Å²) in [5.41, 5.74) is 7.73. The average Bonchev–Trinajstić information content (AvgIpc) is 2.76. The lowest BCUT2D eigenvalue weighted by molar-refractivity contribution is 0.622. The SMILES string of the molecule is C1=CB2N3C=CC(c4ccc5c6ccccc6c6cc7c8ccccc8c8ccccc8c8ccccc8c7cc6c6ccccc6c5c4)=CB3N3C=CC=CB3N3C=C(n4c5ccccc5n5c6ccccc6nc45)C=CB3N2C=C1. The number of fused-ring (bicyclic) bond motifs is 29. The van der Waals surface area contributed by atoms with Crippen molar-refractivity contribution in [2.75, 3.05) is 0 Å². The van der Waals surface area contributed by atoms with Crippen molar-refractivity contribution in [1.82, 2.24) is 32.8 Å². The zero-order valence-corrected chi connectivity index (χ0v) is 44.6. The Morgan fingerprint density at radius 1 is 0.317 bits per heavy atom. The molecule has 18 rings (SSSR count). The maximum absolute atomic E-state index is 5.26. The molecule has 1 saturated heterocycles. The van der Waals surface area contributed by atoms with Crippen LogP contribution in [0.1, 0.15) is 5.56 Å². The van der Waals surface area contributed by atoms with Crippen molar-refractivity contribution in [3.05, 3.63) is 291 Å². The molecule has 0 unspecified atom stereocenters. The molecular weight excluding hydrogens is 994 g/mol. The van der Waals surface area contributed by atoms with E-state index in [0.717, 1.165) is 33.5 Å². The summed E-state index contributed by atoms with van der Waals surface area (Å²) in [5, 5.41) is 19.8. The van der Waals surface area contributed by atoms with Gasteiger partial charge in [0.2, 0.25) is 5.78 Å². The molecule has 11 aromatic carbocycles. The van der Waals surface area contributed by atoms with E-state index in [2.05, 4.69) is 313 Å². The topological polar surface area (TPSA) is 35.2 Å². The highest BCUT2D eigenvalue weighted by Gasteiger charge is 2.50. The Bertz CT molecular complexity index is 5330. The van der Waals surface area contributed by atoms with E-state index in [0.29, 0.717) is 0 Å². The van der Waals surface area contributed by atoms with Crippen LogP contribution in [-0.2, 0) is 0 Å². The normalized spacial score (nSPS) is 15.7. The van der Waals surface area contributed by atoms with Gasteiger partial charge in [-0.2, -0.15) is 0 Å². The smallest absolute Gasteiger partial charge is 0.381 e. The predicted molar refractivity (Wildman–Crippen MR) is 350 cm³/mol. The minimum absolute atomic E-state index is 0.0676. The monoisotopic (exact) mass is 1040 g/mol. The van der Waals surface area contributed by atoms with Crippen molar-refractivity contribution in [2.24, 2.45) is 0 Å². The first-order valence-electron chi connectivity index (χ1n) is 28.5. The number of benzene rings is 9. The fourth-order valence-corrected chi connectivity index (χ4v) is 14.4. The quantitative estimate of drug-likeness (QED) is 0.161. The lowest BCUT2D eigenvalue weighted by Crippen LogP contribution is -2.73. The van der Waals surface area contributed by atoms with Crippen LogP contribution in [0.3, 0.4) is 0 Å². The molecule has 5 aliphatic heterocycles. The van der Waals surface area contributed by atoms with Gasteiger partial charge in [0.15, 0.2) is 0 Å². The summed E-state index contributed by atoms with van der Waals surface area (Å²) >= 11 is 0. The van der Waals surface area contributed by atoms with Gasteiger partial charge < -0.3 is 18.9 Å². The maximum Gasteiger partial charge on any atom is 0.381 e. The van der Waals surface area contributed by atoms with E-state index in [1.165, 1.54) is 97.3 Å². The van der Waals surface area contributed by atoms with Crippen molar-refractivity contribution in [1.29, 1.82) is 0 Å². The van der Waals surface area contributed by atoms with E-state index in [4.69, 9.17) is 4.98 Å². The Morgan fingerprint density at radius 3 is 1.30 bits per heavy atom. The second-order valence-corrected chi connectivity index (χ2v) is 22.2. The van der Waals surface area contributed by atoms with Gasteiger partial charge in [-0.05, 0) is 183 Å². The molecule has 7 heterocycles. The number of aromatic nitrogens is 3. The molecule has 2 aromatic heterocycles. The van der Waals surface area contributed by atoms with E-state index in [1.807, 2.05) is 0 Å². The minimum atomic E-state index is -0.142. The third-order valence-electron chi connectivity index (χ3n) is 18.1. The van der Waals surface area contributed by atoms with Gasteiger partial charge >= 0.3 is 27.9 Å². The van der Waals surface area contributed by atoms with Crippen LogP contribution in [0.2, 0.25) is 0 Å². The van der Waals surface area contributed by atoms with Crippen molar-refractivity contribution in [3.63, 3.8) is 0 Å². The van der Waals surface area contributed by atoms with E-state index >= 15 is 0 Å². The Morgan fingerprint density at radius 2 is 0.744 bits per heavy atom. The Balaban J connectivity index is 0.829. The summed E-state index contributed by atoms with van der Waals surface area (Å²) < 4.78 is 14.7. The van der Waals surface area contributed by atoms with Crippen LogP contribution in [-0.4, -0.2) is 60.8 Å². The standard InChI is InChI=1S/C71H47B4N7/c1-2-20-52-51(19-1)53-21-3-6-24-56(53)63-44-65-58-26-8-5-23-55(58)61-34-33-48(43-62(61)59-27-9-10-28-60(59)66(65)45-64(63)57-25-7-4-22-54(52)57)49-36-42-79-72-37-15-17-40-77(72)74-39-35-50(47-80(74)73-38-16-18-41-78(73)75(79)46-49)81-69-31-13-14-32-70(69)82-68-30-12-11-29-67(68)76-71(81)82/h1-47H. The molecule has 0 atom stereocenters. The number of para-hydroxylation sites is 4. The molecule has 0 bridgehead atoms. The molecular formula is C71H47B4N7. The summed E-state index contributed by atoms with van der Waals surface area (Å²) in [7, 11) is 0. The van der Waals surface area contributed by atoms with Gasteiger partial charge in [-0.1, -0.05) is 194 Å². The maximum atomic E-state index is 5.26. The molecule has 82 heavy (non-hydrogen) atoms. The van der Waals surface area contributed by atoms with Crippen molar-refractivity contribution < 1.29 is 0 Å². The van der Waals surface area contributed by atoms with Crippen molar-refractivity contribution in [2.45, 2.75) is 0 Å². The molecule has 378 valence electrons. The van der Waals surface area contributed by atoms with E-state index in [-0.39, 0.29) is 27.9 Å². The van der Waals surface area contributed by atoms with Gasteiger partial charge in [0.05, 0.1) is 27.8 Å². The Labute approximate surface area is 474 Å². The highest BCUT2D eigenvalue weighted by Crippen LogP contribution is 2.43. The summed E-state index contributed by atoms with van der Waals surface area (Å²) in [6.07, 6.45) is 22.6. The summed E-state index contributed by atoms with van der Waals surface area (Å²) in [6, 6.07) is 74.3. The zero-order chi connectivity index (χ0) is 53.6. The van der Waals surface area contributed by atoms with Crippen molar-refractivity contribution >= 4 is 153 Å². The van der Waals surface area contributed by atoms with Crippen LogP contribution >= 0.6 is 0 Å². The molecule has 13 aromatic rings. The van der Waals surface area contributed by atoms with Gasteiger partial charge in [-0.25, -0.2) is 4.98 Å². The molecule has 0 radical (unpaired) electrons. The zero-order valence-electron chi connectivity index (χ0n) is 44.6. The summed E-state index contributed by atoms with van der Waals surface area (Å²) in [5.74, 6) is 10.4. The van der Waals surface area contributed by atoms with Crippen LogP contribution in [0, 0.1) is 0 Å². The summed E-state index contributed by atoms with van der Waals surface area (Å²) in [4.78, 5) is 5.26. The van der Waals surface area contributed by atoms with E-state index in [9.17, 15) is 0 Å². The summed E-state index contributed by atoms with van der Waals surface area (Å²) in [6.45, 7) is -0.422. The van der Waals surface area contributed by atoms with Crippen LogP contribution in [0.25, 0.3) is 125 Å². The van der Waals surface area contributed by atoms with Gasteiger partial charge in [0.25, 0.3) is 0 Å². The third-order valence-corrected chi connectivity index (χ3v) is 18.1. The minimum Gasteiger partial charge on any atom is -0.423 e. The van der Waals surface area contributed by atoms with Crippen LogP contribution < -0.4 is 0 Å². The number of allylic oxidation sites excluding steroid dienone is 8. The lowest BCUT2D eigenvalue weighted by Gasteiger charge is -2.53. The Kier molecular flexibility index (Phi) is 9.74. The average molecular weight is 1040 g/mol. The fraction of sp³-hybridized carbons (Fsp3) is 0. The first kappa shape index (κ1) is 45.5. The largest absolute Gasteiger partial charge is 0.423 e. The molecule has 0 N–H and O–H groups in total. The van der Waals surface area contributed by atoms with Gasteiger partial charge in [0, 0.05) is 6.20 Å². The molecule has 0 saturated carbocycles. The van der Waals surface area contributed by atoms with Crippen LogP contribution in [0.15, 0.2) is 285 Å². The highest BCUT2D eigenvalue weighted by atomic mass is 15.3. The number of nitrogens with zero attached hydrogens (tertiary/aromatic N) is 7. The third kappa shape index (κ3) is 6.56. The lowest BCUT2D eigenvalue weighted by atomic mass is 9.41. The fourth-order valence-electron chi connectivity index (χ4n) is 14.4. The molecule has 0 amide bonds. The number of rotatable bonds is 2. The van der Waals surface area contributed by atoms with Gasteiger partial charge in [-0.3, -0.25) is 8.97 Å². The van der Waals surface area contributed by atoms with E-state index in [1.54, 1.807) is 0 Å². The number of imidazole rings is 2. The molecule has 0 spiro atoms. The molecule has 1 fully saturated rings. The van der Waals surface area contributed by atoms with Crippen LogP contribution in [0.5, 0.6) is 0 Å². The molecule has 5 aliphatic rings. The Hall–Kier alpha value is -10.4. The highest BCUT2D eigenvalue weighted by molar-refractivity contribution is 6.92. The van der Waals surface area contributed by atoms with Gasteiger partial charge in [-0.15, -0.1) is 0 Å². The predicted octanol–water partition coefficient (Wildman–Crippen LogP) is 16.3. The first-order valence-corrected chi connectivity index (χ1v) is 28.5. The van der Waals surface area contributed by atoms with Gasteiger partial charge in [0.1, 0.15) is 0 Å². The number of hydrogen-bond donors (Lipinski definition) is 0. The molecule has 0 aliphatic carbocycles.